The zero-order valence-corrected chi connectivity index (χ0v) is 12.9. The summed E-state index contributed by atoms with van der Waals surface area (Å²) in [7, 11) is 0. The summed E-state index contributed by atoms with van der Waals surface area (Å²) < 4.78 is 49.2. The second-order valence-electron chi connectivity index (χ2n) is 5.20. The van der Waals surface area contributed by atoms with E-state index in [1.165, 1.54) is 36.4 Å². The van der Waals surface area contributed by atoms with Gasteiger partial charge in [-0.15, -0.1) is 0 Å². The smallest absolute Gasteiger partial charge is 0.326 e. The van der Waals surface area contributed by atoms with Gasteiger partial charge in [-0.25, -0.2) is 4.39 Å². The minimum atomic E-state index is -4.97. The van der Waals surface area contributed by atoms with Crippen molar-refractivity contribution < 1.29 is 27.2 Å². The van der Waals surface area contributed by atoms with Gasteiger partial charge in [0.15, 0.2) is 0 Å². The first-order chi connectivity index (χ1) is 11.7. The number of amides is 2. The summed E-state index contributed by atoms with van der Waals surface area (Å²) in [6, 6.07) is 11.0. The zero-order chi connectivity index (χ0) is 18.4. The van der Waals surface area contributed by atoms with E-state index < -0.39 is 12.1 Å². The first kappa shape index (κ1) is 18.4. The molecule has 0 aliphatic rings. The molecule has 0 unspecified atom stereocenters. The summed E-state index contributed by atoms with van der Waals surface area (Å²) in [5, 5.41) is 4.29. The van der Waals surface area contributed by atoms with Crippen molar-refractivity contribution >= 4 is 23.2 Å². The maximum Gasteiger partial charge on any atom is 0.471 e. The van der Waals surface area contributed by atoms with E-state index in [9.17, 15) is 27.2 Å². The summed E-state index contributed by atoms with van der Waals surface area (Å²) in [6.45, 7) is 0. The van der Waals surface area contributed by atoms with Crippen molar-refractivity contribution in [1.82, 2.24) is 0 Å². The molecule has 0 bridgehead atoms. The van der Waals surface area contributed by atoms with E-state index in [1.807, 2.05) is 0 Å². The van der Waals surface area contributed by atoms with E-state index in [1.54, 1.807) is 17.4 Å². The third kappa shape index (κ3) is 5.91. The van der Waals surface area contributed by atoms with Crippen LogP contribution < -0.4 is 10.6 Å². The molecule has 0 aromatic heterocycles. The van der Waals surface area contributed by atoms with E-state index in [2.05, 4.69) is 5.32 Å². The standard InChI is InChI=1S/C17H14F4N2O2/c18-12-4-1-11(2-5-12)3-10-15(24)22-13-6-8-14(9-7-13)23-16(25)17(19,20)21/h1-2,4-9H,3,10H2,(H,22,24)(H,23,25). The van der Waals surface area contributed by atoms with E-state index in [4.69, 9.17) is 0 Å². The molecule has 0 atom stereocenters. The van der Waals surface area contributed by atoms with Gasteiger partial charge in [-0.2, -0.15) is 13.2 Å². The highest BCUT2D eigenvalue weighted by Crippen LogP contribution is 2.19. The number of hydrogen-bond acceptors (Lipinski definition) is 2. The summed E-state index contributed by atoms with van der Waals surface area (Å²) in [5.41, 5.74) is 1.16. The highest BCUT2D eigenvalue weighted by atomic mass is 19.4. The Labute approximate surface area is 140 Å². The number of hydrogen-bond donors (Lipinski definition) is 2. The number of benzene rings is 2. The molecule has 0 saturated carbocycles. The lowest BCUT2D eigenvalue weighted by molar-refractivity contribution is -0.167. The Kier molecular flexibility index (Phi) is 5.74. The molecule has 0 aliphatic carbocycles. The lowest BCUT2D eigenvalue weighted by Crippen LogP contribution is -2.29. The third-order valence-electron chi connectivity index (χ3n) is 3.24. The zero-order valence-electron chi connectivity index (χ0n) is 12.9. The van der Waals surface area contributed by atoms with Crippen LogP contribution >= 0.6 is 0 Å². The van der Waals surface area contributed by atoms with Gasteiger partial charge in [-0.05, 0) is 48.4 Å². The van der Waals surface area contributed by atoms with Crippen molar-refractivity contribution in [2.45, 2.75) is 19.0 Å². The number of nitrogens with one attached hydrogen (secondary N) is 2. The van der Waals surface area contributed by atoms with Crippen LogP contribution in [0.3, 0.4) is 0 Å². The van der Waals surface area contributed by atoms with Crippen LogP contribution in [0.1, 0.15) is 12.0 Å². The van der Waals surface area contributed by atoms with E-state index in [0.29, 0.717) is 12.1 Å². The summed E-state index contributed by atoms with van der Waals surface area (Å²) >= 11 is 0. The van der Waals surface area contributed by atoms with Crippen LogP contribution in [-0.4, -0.2) is 18.0 Å². The normalized spacial score (nSPS) is 11.0. The van der Waals surface area contributed by atoms with Crippen LogP contribution in [0, 0.1) is 5.82 Å². The molecular formula is C17H14F4N2O2. The molecule has 25 heavy (non-hydrogen) atoms. The first-order valence-corrected chi connectivity index (χ1v) is 7.26. The quantitative estimate of drug-likeness (QED) is 0.800. The average Bonchev–Trinajstić information content (AvgIpc) is 2.55. The minimum absolute atomic E-state index is 0.0355. The van der Waals surface area contributed by atoms with E-state index in [-0.39, 0.29) is 23.8 Å². The lowest BCUT2D eigenvalue weighted by Gasteiger charge is -2.09. The molecular weight excluding hydrogens is 340 g/mol. The SMILES string of the molecule is O=C(CCc1ccc(F)cc1)Nc1ccc(NC(=O)C(F)(F)F)cc1. The molecule has 8 heteroatoms. The van der Waals surface area contributed by atoms with Crippen molar-refractivity contribution in [3.63, 3.8) is 0 Å². The summed E-state index contributed by atoms with van der Waals surface area (Å²) in [6.07, 6.45) is -4.38. The minimum Gasteiger partial charge on any atom is -0.326 e. The van der Waals surface area contributed by atoms with Gasteiger partial charge in [0, 0.05) is 17.8 Å². The number of aryl methyl sites for hydroxylation is 1. The van der Waals surface area contributed by atoms with Crippen LogP contribution in [0.2, 0.25) is 0 Å². The second-order valence-corrected chi connectivity index (χ2v) is 5.20. The number of rotatable bonds is 5. The first-order valence-electron chi connectivity index (χ1n) is 7.26. The van der Waals surface area contributed by atoms with Crippen LogP contribution in [0.5, 0.6) is 0 Å². The van der Waals surface area contributed by atoms with E-state index >= 15 is 0 Å². The van der Waals surface area contributed by atoms with Gasteiger partial charge in [0.05, 0.1) is 0 Å². The molecule has 2 amide bonds. The maximum absolute atomic E-state index is 12.8. The molecule has 0 fully saturated rings. The Morgan fingerprint density at radius 3 is 1.88 bits per heavy atom. The molecule has 0 aliphatic heterocycles. The number of carbonyl (C=O) groups excluding carboxylic acids is 2. The predicted octanol–water partition coefficient (Wildman–Crippen LogP) is 3.90. The molecule has 0 radical (unpaired) electrons. The fourth-order valence-corrected chi connectivity index (χ4v) is 1.97. The van der Waals surface area contributed by atoms with Crippen LogP contribution in [-0.2, 0) is 16.0 Å². The van der Waals surface area contributed by atoms with Crippen LogP contribution in [0.15, 0.2) is 48.5 Å². The predicted molar refractivity (Wildman–Crippen MR) is 84.5 cm³/mol. The molecule has 0 heterocycles. The molecule has 0 spiro atoms. The van der Waals surface area contributed by atoms with Gasteiger partial charge < -0.3 is 10.6 Å². The number of halogens is 4. The van der Waals surface area contributed by atoms with Crippen LogP contribution in [0.25, 0.3) is 0 Å². The van der Waals surface area contributed by atoms with E-state index in [0.717, 1.165) is 5.56 Å². The van der Waals surface area contributed by atoms with Gasteiger partial charge in [-0.1, -0.05) is 12.1 Å². The summed E-state index contributed by atoms with van der Waals surface area (Å²) in [5.74, 6) is -2.72. The van der Waals surface area contributed by atoms with Gasteiger partial charge in [0.1, 0.15) is 5.82 Å². The van der Waals surface area contributed by atoms with Crippen molar-refractivity contribution in [2.24, 2.45) is 0 Å². The Bertz CT molecular complexity index is 741. The van der Waals surface area contributed by atoms with Gasteiger partial charge in [0.25, 0.3) is 0 Å². The topological polar surface area (TPSA) is 58.2 Å². The largest absolute Gasteiger partial charge is 0.471 e. The van der Waals surface area contributed by atoms with Crippen molar-refractivity contribution in [3.8, 4) is 0 Å². The molecule has 2 aromatic carbocycles. The number of anilines is 2. The molecule has 0 saturated heterocycles. The van der Waals surface area contributed by atoms with Crippen molar-refractivity contribution in [2.75, 3.05) is 10.6 Å². The molecule has 132 valence electrons. The maximum atomic E-state index is 12.8. The molecule has 2 N–H and O–H groups in total. The van der Waals surface area contributed by atoms with Crippen molar-refractivity contribution in [1.29, 1.82) is 0 Å². The number of carbonyl (C=O) groups is 2. The van der Waals surface area contributed by atoms with Gasteiger partial charge in [-0.3, -0.25) is 9.59 Å². The summed E-state index contributed by atoms with van der Waals surface area (Å²) in [4.78, 5) is 22.7. The molecule has 2 aromatic rings. The second kappa shape index (κ2) is 7.78. The monoisotopic (exact) mass is 354 g/mol. The highest BCUT2D eigenvalue weighted by Gasteiger charge is 2.38. The fraction of sp³-hybridized carbons (Fsp3) is 0.176. The third-order valence-corrected chi connectivity index (χ3v) is 3.24. The van der Waals surface area contributed by atoms with Gasteiger partial charge >= 0.3 is 12.1 Å². The van der Waals surface area contributed by atoms with Crippen molar-refractivity contribution in [3.05, 3.63) is 59.9 Å². The van der Waals surface area contributed by atoms with Gasteiger partial charge in [0.2, 0.25) is 5.91 Å². The Hall–Kier alpha value is -2.90. The molecule has 4 nitrogen and oxygen atoms in total. The lowest BCUT2D eigenvalue weighted by atomic mass is 10.1. The fourth-order valence-electron chi connectivity index (χ4n) is 1.97. The Balaban J connectivity index is 1.84. The Morgan fingerprint density at radius 1 is 0.840 bits per heavy atom. The average molecular weight is 354 g/mol. The Morgan fingerprint density at radius 2 is 1.36 bits per heavy atom. The van der Waals surface area contributed by atoms with Crippen LogP contribution in [0.4, 0.5) is 28.9 Å². The molecule has 2 rings (SSSR count). The highest BCUT2D eigenvalue weighted by molar-refractivity contribution is 5.95. The number of alkyl halides is 3.